The van der Waals surface area contributed by atoms with Crippen molar-refractivity contribution in [1.29, 1.82) is 0 Å². The Morgan fingerprint density at radius 1 is 0.935 bits per heavy atom. The standard InChI is InChI=1S/C18H15F7N2O3S/c1-27(15(28)10-4-3-5-12(26)8-10)13-7-6-11(9-14(13)31(2,29)30)16(19,17(20,21)22)18(23,24)25/h3-9H,26H2,1-2H3. The Balaban J connectivity index is 2.71. The van der Waals surface area contributed by atoms with Gasteiger partial charge in [0, 0.05) is 30.1 Å². The van der Waals surface area contributed by atoms with Crippen LogP contribution in [0.15, 0.2) is 47.4 Å². The highest BCUT2D eigenvalue weighted by molar-refractivity contribution is 7.90. The summed E-state index contributed by atoms with van der Waals surface area (Å²) in [5.74, 6) is -0.858. The zero-order valence-corrected chi connectivity index (χ0v) is 16.7. The van der Waals surface area contributed by atoms with Gasteiger partial charge >= 0.3 is 18.0 Å². The van der Waals surface area contributed by atoms with Crippen LogP contribution in [0.25, 0.3) is 0 Å². The summed E-state index contributed by atoms with van der Waals surface area (Å²) in [7, 11) is -3.45. The van der Waals surface area contributed by atoms with Gasteiger partial charge in [-0.15, -0.1) is 0 Å². The molecule has 2 rings (SSSR count). The number of nitrogens with two attached hydrogens (primary N) is 1. The van der Waals surface area contributed by atoms with Gasteiger partial charge in [-0.2, -0.15) is 26.3 Å². The SMILES string of the molecule is CN(C(=O)c1cccc(N)c1)c1ccc(C(F)(C(F)(F)F)C(F)(F)F)cc1S(C)(=O)=O. The molecule has 31 heavy (non-hydrogen) atoms. The average Bonchev–Trinajstić information content (AvgIpc) is 2.63. The molecule has 0 saturated carbocycles. The Morgan fingerprint density at radius 2 is 1.48 bits per heavy atom. The van der Waals surface area contributed by atoms with E-state index in [1.165, 1.54) is 24.3 Å². The summed E-state index contributed by atoms with van der Waals surface area (Å²) in [5, 5.41) is 0. The lowest BCUT2D eigenvalue weighted by molar-refractivity contribution is -0.348. The van der Waals surface area contributed by atoms with Gasteiger partial charge in [0.1, 0.15) is 0 Å². The lowest BCUT2D eigenvalue weighted by atomic mass is 9.94. The fourth-order valence-electron chi connectivity index (χ4n) is 2.77. The van der Waals surface area contributed by atoms with E-state index in [-0.39, 0.29) is 23.4 Å². The third-order valence-corrected chi connectivity index (χ3v) is 5.46. The topological polar surface area (TPSA) is 80.5 Å². The van der Waals surface area contributed by atoms with E-state index in [1.54, 1.807) is 0 Å². The molecule has 1 amide bonds. The molecule has 0 radical (unpaired) electrons. The van der Waals surface area contributed by atoms with Crippen LogP contribution in [0, 0.1) is 0 Å². The molecular formula is C18H15F7N2O3S. The summed E-state index contributed by atoms with van der Waals surface area (Å²) in [4.78, 5) is 12.2. The van der Waals surface area contributed by atoms with Crippen molar-refractivity contribution < 1.29 is 43.9 Å². The van der Waals surface area contributed by atoms with Crippen LogP contribution < -0.4 is 10.6 Å². The molecule has 0 aromatic heterocycles. The third kappa shape index (κ3) is 4.45. The van der Waals surface area contributed by atoms with Gasteiger partial charge < -0.3 is 10.6 Å². The highest BCUT2D eigenvalue weighted by atomic mass is 32.2. The van der Waals surface area contributed by atoms with Crippen molar-refractivity contribution in [2.24, 2.45) is 0 Å². The minimum absolute atomic E-state index is 0.0311. The van der Waals surface area contributed by atoms with E-state index in [4.69, 9.17) is 5.73 Å². The minimum Gasteiger partial charge on any atom is -0.399 e. The number of benzene rings is 2. The normalized spacial score (nSPS) is 13.2. The van der Waals surface area contributed by atoms with Crippen LogP contribution in [0.3, 0.4) is 0 Å². The molecule has 0 fully saturated rings. The van der Waals surface area contributed by atoms with E-state index in [1.807, 2.05) is 0 Å². The van der Waals surface area contributed by atoms with E-state index in [0.29, 0.717) is 17.2 Å². The second kappa shape index (κ2) is 7.70. The number of hydrogen-bond donors (Lipinski definition) is 1. The molecule has 0 aliphatic rings. The maximum Gasteiger partial charge on any atom is 0.435 e. The maximum atomic E-state index is 14.4. The zero-order valence-electron chi connectivity index (χ0n) is 15.8. The van der Waals surface area contributed by atoms with E-state index >= 15 is 0 Å². The number of carbonyl (C=O) groups is 1. The fourth-order valence-corrected chi connectivity index (χ4v) is 3.69. The van der Waals surface area contributed by atoms with Crippen LogP contribution >= 0.6 is 0 Å². The van der Waals surface area contributed by atoms with Gasteiger partial charge in [-0.25, -0.2) is 12.8 Å². The summed E-state index contributed by atoms with van der Waals surface area (Å²) >= 11 is 0. The number of sulfone groups is 1. The monoisotopic (exact) mass is 472 g/mol. The smallest absolute Gasteiger partial charge is 0.399 e. The summed E-state index contributed by atoms with van der Waals surface area (Å²) in [6, 6.07) is 5.95. The number of rotatable bonds is 4. The van der Waals surface area contributed by atoms with Gasteiger partial charge in [-0.1, -0.05) is 12.1 Å². The molecule has 0 atom stereocenters. The van der Waals surface area contributed by atoms with Gasteiger partial charge in [0.2, 0.25) is 0 Å². The summed E-state index contributed by atoms with van der Waals surface area (Å²) in [6.45, 7) is 0. The third-order valence-electron chi connectivity index (χ3n) is 4.34. The van der Waals surface area contributed by atoms with Crippen LogP contribution in [0.1, 0.15) is 15.9 Å². The Hall–Kier alpha value is -2.83. The average molecular weight is 472 g/mol. The quantitative estimate of drug-likeness (QED) is 0.533. The van der Waals surface area contributed by atoms with E-state index in [9.17, 15) is 43.9 Å². The largest absolute Gasteiger partial charge is 0.435 e. The fraction of sp³-hybridized carbons (Fsp3) is 0.278. The first kappa shape index (κ1) is 24.4. The van der Waals surface area contributed by atoms with E-state index < -0.39 is 49.9 Å². The highest BCUT2D eigenvalue weighted by Gasteiger charge is 2.73. The number of nitrogen functional groups attached to an aromatic ring is 1. The molecule has 0 bridgehead atoms. The van der Waals surface area contributed by atoms with Gasteiger partial charge in [0.05, 0.1) is 10.6 Å². The number of amides is 1. The Labute approximate surface area is 172 Å². The molecular weight excluding hydrogens is 457 g/mol. The van der Waals surface area contributed by atoms with E-state index in [0.717, 1.165) is 7.05 Å². The minimum atomic E-state index is -6.43. The first-order valence-electron chi connectivity index (χ1n) is 8.22. The maximum absolute atomic E-state index is 14.4. The predicted molar refractivity (Wildman–Crippen MR) is 98.0 cm³/mol. The number of anilines is 2. The van der Waals surface area contributed by atoms with Crippen molar-refractivity contribution in [1.82, 2.24) is 0 Å². The van der Waals surface area contributed by atoms with Crippen LogP contribution in [-0.4, -0.2) is 40.0 Å². The van der Waals surface area contributed by atoms with Crippen molar-refractivity contribution in [3.8, 4) is 0 Å². The van der Waals surface area contributed by atoms with Crippen LogP contribution in [0.2, 0.25) is 0 Å². The van der Waals surface area contributed by atoms with Crippen molar-refractivity contribution in [2.45, 2.75) is 22.9 Å². The first-order valence-corrected chi connectivity index (χ1v) is 10.1. The number of halogens is 7. The van der Waals surface area contributed by atoms with Gasteiger partial charge in [-0.3, -0.25) is 4.79 Å². The number of carbonyl (C=O) groups excluding carboxylic acids is 1. The molecule has 170 valence electrons. The Kier molecular flexibility index (Phi) is 6.07. The van der Waals surface area contributed by atoms with Gasteiger partial charge in [0.25, 0.3) is 5.91 Å². The molecule has 0 heterocycles. The molecule has 13 heteroatoms. The van der Waals surface area contributed by atoms with Gasteiger partial charge in [-0.05, 0) is 30.3 Å². The van der Waals surface area contributed by atoms with E-state index in [2.05, 4.69) is 0 Å². The molecule has 0 aliphatic heterocycles. The summed E-state index contributed by atoms with van der Waals surface area (Å²) in [6.07, 6.45) is -12.4. The van der Waals surface area contributed by atoms with Crippen molar-refractivity contribution in [3.05, 3.63) is 53.6 Å². The summed E-state index contributed by atoms with van der Waals surface area (Å²) < 4.78 is 117. The lowest BCUT2D eigenvalue weighted by Gasteiger charge is -2.31. The number of nitrogens with zero attached hydrogens (tertiary/aromatic N) is 1. The van der Waals surface area contributed by atoms with Crippen molar-refractivity contribution >= 4 is 27.1 Å². The number of alkyl halides is 7. The van der Waals surface area contributed by atoms with Crippen molar-refractivity contribution in [3.63, 3.8) is 0 Å². The molecule has 0 saturated heterocycles. The second-order valence-electron chi connectivity index (χ2n) is 6.60. The highest BCUT2D eigenvalue weighted by Crippen LogP contribution is 2.53. The molecule has 2 aromatic carbocycles. The van der Waals surface area contributed by atoms with Crippen LogP contribution in [0.4, 0.5) is 42.1 Å². The predicted octanol–water partition coefficient (Wildman–Crippen LogP) is 4.24. The molecule has 2 aromatic rings. The lowest BCUT2D eigenvalue weighted by Crippen LogP contribution is -2.50. The second-order valence-corrected chi connectivity index (χ2v) is 8.58. The molecule has 0 spiro atoms. The van der Waals surface area contributed by atoms with Crippen LogP contribution in [-0.2, 0) is 15.5 Å². The summed E-state index contributed by atoms with van der Waals surface area (Å²) in [5.41, 5.74) is -2.65. The van der Waals surface area contributed by atoms with Crippen LogP contribution in [0.5, 0.6) is 0 Å². The Bertz CT molecular complexity index is 1100. The van der Waals surface area contributed by atoms with Crippen molar-refractivity contribution in [2.75, 3.05) is 23.9 Å². The molecule has 2 N–H and O–H groups in total. The number of hydrogen-bond acceptors (Lipinski definition) is 4. The molecule has 0 aliphatic carbocycles. The van der Waals surface area contributed by atoms with Gasteiger partial charge in [0.15, 0.2) is 9.84 Å². The molecule has 0 unspecified atom stereocenters. The molecule has 5 nitrogen and oxygen atoms in total. The first-order chi connectivity index (χ1) is 13.9. The Morgan fingerprint density at radius 3 is 1.94 bits per heavy atom. The zero-order chi connectivity index (χ0) is 24.0.